The Balaban J connectivity index is 1.84. The smallest absolute Gasteiger partial charge is 0.230 e. The van der Waals surface area contributed by atoms with Gasteiger partial charge in [0.1, 0.15) is 0 Å². The SMILES string of the molecule is C=CCn1c(N)nnc1SCC(=O)NCc1cccc(Cl)c1. The first-order chi connectivity index (χ1) is 10.6. The Bertz CT molecular complexity index is 673. The number of rotatable bonds is 7. The highest BCUT2D eigenvalue weighted by Gasteiger charge is 2.11. The Morgan fingerprint density at radius 2 is 2.32 bits per heavy atom. The Hall–Kier alpha value is -1.99. The molecule has 0 saturated heterocycles. The van der Waals surface area contributed by atoms with Crippen LogP contribution in [0.5, 0.6) is 0 Å². The minimum atomic E-state index is -0.100. The summed E-state index contributed by atoms with van der Waals surface area (Å²) in [5, 5.41) is 11.8. The predicted molar refractivity (Wildman–Crippen MR) is 88.7 cm³/mol. The Morgan fingerprint density at radius 1 is 1.50 bits per heavy atom. The van der Waals surface area contributed by atoms with Crippen LogP contribution < -0.4 is 11.1 Å². The molecule has 0 saturated carbocycles. The lowest BCUT2D eigenvalue weighted by Gasteiger charge is -2.06. The van der Waals surface area contributed by atoms with Gasteiger partial charge in [0.25, 0.3) is 0 Å². The van der Waals surface area contributed by atoms with E-state index in [1.165, 1.54) is 11.8 Å². The summed E-state index contributed by atoms with van der Waals surface area (Å²) in [4.78, 5) is 11.9. The van der Waals surface area contributed by atoms with Crippen LogP contribution in [0.1, 0.15) is 5.56 Å². The number of nitrogens with one attached hydrogen (secondary N) is 1. The number of carbonyl (C=O) groups excluding carboxylic acids is 1. The van der Waals surface area contributed by atoms with E-state index in [0.717, 1.165) is 5.56 Å². The monoisotopic (exact) mass is 337 g/mol. The molecule has 2 rings (SSSR count). The van der Waals surface area contributed by atoms with Crippen LogP contribution in [0.2, 0.25) is 5.02 Å². The average molecular weight is 338 g/mol. The highest BCUT2D eigenvalue weighted by Crippen LogP contribution is 2.18. The molecule has 6 nitrogen and oxygen atoms in total. The van der Waals surface area contributed by atoms with Crippen LogP contribution in [-0.4, -0.2) is 26.4 Å². The Morgan fingerprint density at radius 3 is 3.05 bits per heavy atom. The normalized spacial score (nSPS) is 10.4. The molecule has 3 N–H and O–H groups in total. The molecule has 8 heteroatoms. The third kappa shape index (κ3) is 4.51. The number of aromatic nitrogens is 3. The number of carbonyl (C=O) groups is 1. The molecule has 1 aromatic carbocycles. The number of nitrogen functional groups attached to an aromatic ring is 1. The van der Waals surface area contributed by atoms with Crippen LogP contribution in [0, 0.1) is 0 Å². The van der Waals surface area contributed by atoms with Crippen molar-refractivity contribution in [2.75, 3.05) is 11.5 Å². The van der Waals surface area contributed by atoms with Crippen LogP contribution in [0.15, 0.2) is 42.1 Å². The molecule has 0 aliphatic rings. The minimum Gasteiger partial charge on any atom is -0.368 e. The molecule has 0 fully saturated rings. The van der Waals surface area contributed by atoms with Gasteiger partial charge in [0.05, 0.1) is 5.75 Å². The van der Waals surface area contributed by atoms with E-state index in [1.807, 2.05) is 18.2 Å². The molecular weight excluding hydrogens is 322 g/mol. The average Bonchev–Trinajstić information content (AvgIpc) is 2.84. The number of hydrogen-bond acceptors (Lipinski definition) is 5. The van der Waals surface area contributed by atoms with Crippen molar-refractivity contribution < 1.29 is 4.79 Å². The van der Waals surface area contributed by atoms with E-state index in [0.29, 0.717) is 29.2 Å². The first-order valence-corrected chi connectivity index (χ1v) is 7.90. The van der Waals surface area contributed by atoms with Gasteiger partial charge in [0.2, 0.25) is 11.9 Å². The van der Waals surface area contributed by atoms with E-state index in [1.54, 1.807) is 16.7 Å². The molecule has 0 bridgehead atoms. The molecule has 0 radical (unpaired) electrons. The summed E-state index contributed by atoms with van der Waals surface area (Å²) in [6.45, 7) is 4.59. The fourth-order valence-electron chi connectivity index (χ4n) is 1.74. The van der Waals surface area contributed by atoms with Gasteiger partial charge in [0, 0.05) is 18.1 Å². The highest BCUT2D eigenvalue weighted by atomic mass is 35.5. The number of allylic oxidation sites excluding steroid dienone is 1. The zero-order chi connectivity index (χ0) is 15.9. The number of benzene rings is 1. The lowest BCUT2D eigenvalue weighted by molar-refractivity contribution is -0.118. The first kappa shape index (κ1) is 16.4. The van der Waals surface area contributed by atoms with Gasteiger partial charge in [-0.1, -0.05) is 41.6 Å². The summed E-state index contributed by atoms with van der Waals surface area (Å²) >= 11 is 7.17. The number of halogens is 1. The summed E-state index contributed by atoms with van der Waals surface area (Å²) in [7, 11) is 0. The number of thioether (sulfide) groups is 1. The molecule has 2 aromatic rings. The van der Waals surface area contributed by atoms with E-state index in [2.05, 4.69) is 22.1 Å². The highest BCUT2D eigenvalue weighted by molar-refractivity contribution is 7.99. The maximum Gasteiger partial charge on any atom is 0.230 e. The second kappa shape index (κ2) is 7.86. The maximum absolute atomic E-state index is 11.9. The number of amides is 1. The van der Waals surface area contributed by atoms with E-state index < -0.39 is 0 Å². The molecule has 1 heterocycles. The fraction of sp³-hybridized carbons (Fsp3) is 0.214. The van der Waals surface area contributed by atoms with Crippen LogP contribution in [0.4, 0.5) is 5.95 Å². The third-order valence-electron chi connectivity index (χ3n) is 2.77. The topological polar surface area (TPSA) is 85.8 Å². The van der Waals surface area contributed by atoms with Crippen molar-refractivity contribution in [2.24, 2.45) is 0 Å². The maximum atomic E-state index is 11.9. The van der Waals surface area contributed by atoms with E-state index >= 15 is 0 Å². The van der Waals surface area contributed by atoms with Gasteiger partial charge in [-0.25, -0.2) is 0 Å². The number of nitrogens with zero attached hydrogens (tertiary/aromatic N) is 3. The van der Waals surface area contributed by atoms with Gasteiger partial charge in [-0.3, -0.25) is 9.36 Å². The van der Waals surface area contributed by atoms with Gasteiger partial charge in [-0.05, 0) is 17.7 Å². The van der Waals surface area contributed by atoms with Gasteiger partial charge in [0.15, 0.2) is 5.16 Å². The summed E-state index contributed by atoms with van der Waals surface area (Å²) in [5.74, 6) is 0.439. The van der Waals surface area contributed by atoms with Crippen molar-refractivity contribution in [3.05, 3.63) is 47.5 Å². The van der Waals surface area contributed by atoms with Gasteiger partial charge < -0.3 is 11.1 Å². The third-order valence-corrected chi connectivity index (χ3v) is 3.97. The lowest BCUT2D eigenvalue weighted by Crippen LogP contribution is -2.24. The van der Waals surface area contributed by atoms with Crippen molar-refractivity contribution in [1.82, 2.24) is 20.1 Å². The molecule has 0 aliphatic heterocycles. The molecule has 116 valence electrons. The first-order valence-electron chi connectivity index (χ1n) is 6.53. The molecule has 22 heavy (non-hydrogen) atoms. The van der Waals surface area contributed by atoms with Gasteiger partial charge in [-0.2, -0.15) is 0 Å². The van der Waals surface area contributed by atoms with Crippen molar-refractivity contribution in [3.63, 3.8) is 0 Å². The van der Waals surface area contributed by atoms with Crippen molar-refractivity contribution >= 4 is 35.2 Å². The van der Waals surface area contributed by atoms with E-state index in [-0.39, 0.29) is 11.7 Å². The largest absolute Gasteiger partial charge is 0.368 e. The zero-order valence-electron chi connectivity index (χ0n) is 11.8. The predicted octanol–water partition coefficient (Wildman–Crippen LogP) is 2.11. The molecular formula is C14H16ClN5OS. The summed E-state index contributed by atoms with van der Waals surface area (Å²) in [6, 6.07) is 7.36. The second-order valence-electron chi connectivity index (χ2n) is 4.44. The number of anilines is 1. The van der Waals surface area contributed by atoms with E-state index in [4.69, 9.17) is 17.3 Å². The molecule has 0 spiro atoms. The Kier molecular flexibility index (Phi) is 5.85. The van der Waals surface area contributed by atoms with E-state index in [9.17, 15) is 4.79 Å². The van der Waals surface area contributed by atoms with Crippen LogP contribution in [-0.2, 0) is 17.9 Å². The summed E-state index contributed by atoms with van der Waals surface area (Å²) in [5.41, 5.74) is 6.65. The molecule has 1 aromatic heterocycles. The molecule has 0 unspecified atom stereocenters. The van der Waals surface area contributed by atoms with Crippen LogP contribution in [0.25, 0.3) is 0 Å². The zero-order valence-corrected chi connectivity index (χ0v) is 13.4. The number of nitrogens with two attached hydrogens (primary N) is 1. The van der Waals surface area contributed by atoms with Gasteiger partial charge >= 0.3 is 0 Å². The molecule has 1 amide bonds. The lowest BCUT2D eigenvalue weighted by atomic mass is 10.2. The Labute approximate surface area is 137 Å². The van der Waals surface area contributed by atoms with Crippen molar-refractivity contribution in [1.29, 1.82) is 0 Å². The van der Waals surface area contributed by atoms with Crippen molar-refractivity contribution in [3.8, 4) is 0 Å². The summed E-state index contributed by atoms with van der Waals surface area (Å²) < 4.78 is 1.70. The van der Waals surface area contributed by atoms with Crippen LogP contribution in [0.3, 0.4) is 0 Å². The van der Waals surface area contributed by atoms with Crippen molar-refractivity contribution in [2.45, 2.75) is 18.2 Å². The number of hydrogen-bond donors (Lipinski definition) is 2. The second-order valence-corrected chi connectivity index (χ2v) is 5.81. The van der Waals surface area contributed by atoms with Gasteiger partial charge in [-0.15, -0.1) is 16.8 Å². The quantitative estimate of drug-likeness (QED) is 0.597. The molecule has 0 atom stereocenters. The van der Waals surface area contributed by atoms with Crippen LogP contribution >= 0.6 is 23.4 Å². The summed E-state index contributed by atoms with van der Waals surface area (Å²) in [6.07, 6.45) is 1.70. The fourth-order valence-corrected chi connectivity index (χ4v) is 2.73. The molecule has 0 aliphatic carbocycles. The minimum absolute atomic E-state index is 0.100. The standard InChI is InChI=1S/C14H16ClN5OS/c1-2-6-20-13(16)18-19-14(20)22-9-12(21)17-8-10-4-3-5-11(15)7-10/h2-5,7H,1,6,8-9H2,(H2,16,18)(H,17,21).